The van der Waals surface area contributed by atoms with Crippen LogP contribution in [0.1, 0.15) is 40.2 Å². The first-order valence-electron chi connectivity index (χ1n) is 10.2. The van der Waals surface area contributed by atoms with Crippen LogP contribution in [0.25, 0.3) is 0 Å². The maximum Gasteiger partial charge on any atom is 0.322 e. The monoisotopic (exact) mass is 400 g/mol. The maximum absolute atomic E-state index is 13.0. The van der Waals surface area contributed by atoms with Crippen LogP contribution in [0.15, 0.2) is 42.5 Å². The van der Waals surface area contributed by atoms with Crippen LogP contribution in [0.4, 0.5) is 10.5 Å². The smallest absolute Gasteiger partial charge is 0.322 e. The number of anilines is 1. The minimum absolute atomic E-state index is 0.0376. The van der Waals surface area contributed by atoms with Crippen molar-refractivity contribution in [1.82, 2.24) is 4.90 Å². The van der Waals surface area contributed by atoms with E-state index in [2.05, 4.69) is 5.32 Å². The van der Waals surface area contributed by atoms with Crippen molar-refractivity contribution in [2.75, 3.05) is 25.1 Å². The summed E-state index contributed by atoms with van der Waals surface area (Å²) in [5, 5.41) is 2.98. The Hall–Kier alpha value is -2.89. The summed E-state index contributed by atoms with van der Waals surface area (Å²) in [7, 11) is 0. The van der Waals surface area contributed by atoms with Gasteiger partial charge in [0.2, 0.25) is 5.75 Å². The third-order valence-electron chi connectivity index (χ3n) is 4.24. The molecule has 158 valence electrons. The summed E-state index contributed by atoms with van der Waals surface area (Å²) < 4.78 is 17.2. The number of ether oxygens (including phenoxy) is 3. The molecule has 1 N–H and O–H groups in total. The van der Waals surface area contributed by atoms with Crippen LogP contribution in [-0.2, 0) is 6.54 Å². The number of amides is 2. The van der Waals surface area contributed by atoms with Crippen molar-refractivity contribution in [2.45, 2.75) is 47.2 Å². The van der Waals surface area contributed by atoms with Gasteiger partial charge in [0.15, 0.2) is 11.5 Å². The van der Waals surface area contributed by atoms with Gasteiger partial charge in [0, 0.05) is 24.7 Å². The minimum atomic E-state index is -0.182. The lowest BCUT2D eigenvalue weighted by Crippen LogP contribution is -2.39. The molecule has 2 aromatic rings. The first-order chi connectivity index (χ1) is 14.0. The van der Waals surface area contributed by atoms with E-state index in [-0.39, 0.29) is 12.1 Å². The molecule has 0 aliphatic heterocycles. The molecule has 2 amide bonds. The van der Waals surface area contributed by atoms with E-state index in [4.69, 9.17) is 14.2 Å². The number of carbonyl (C=O) groups is 1. The van der Waals surface area contributed by atoms with Crippen molar-refractivity contribution in [3.05, 3.63) is 48.0 Å². The number of nitrogens with one attached hydrogen (secondary N) is 1. The Labute approximate surface area is 173 Å². The molecule has 29 heavy (non-hydrogen) atoms. The summed E-state index contributed by atoms with van der Waals surface area (Å²) in [5.74, 6) is 1.66. The van der Waals surface area contributed by atoms with E-state index < -0.39 is 0 Å². The number of hydrogen-bond acceptors (Lipinski definition) is 4. The van der Waals surface area contributed by atoms with Crippen LogP contribution in [-0.4, -0.2) is 36.8 Å². The van der Waals surface area contributed by atoms with Gasteiger partial charge in [0.1, 0.15) is 0 Å². The van der Waals surface area contributed by atoms with E-state index in [1.165, 1.54) is 0 Å². The average molecular weight is 401 g/mol. The van der Waals surface area contributed by atoms with Crippen LogP contribution >= 0.6 is 0 Å². The Morgan fingerprint density at radius 1 is 0.931 bits per heavy atom. The molecule has 2 aromatic carbocycles. The molecule has 0 unspecified atom stereocenters. The number of carbonyl (C=O) groups excluding carboxylic acids is 1. The molecule has 6 heteroatoms. The second-order valence-electron chi connectivity index (χ2n) is 6.74. The van der Waals surface area contributed by atoms with Gasteiger partial charge in [-0.05, 0) is 40.2 Å². The zero-order valence-electron chi connectivity index (χ0n) is 18.0. The first kappa shape index (κ1) is 22.4. The second kappa shape index (κ2) is 11.2. The molecular weight excluding hydrogens is 368 g/mol. The number of urea groups is 1. The summed E-state index contributed by atoms with van der Waals surface area (Å²) in [6.07, 6.45) is 0. The van der Waals surface area contributed by atoms with Crippen molar-refractivity contribution < 1.29 is 19.0 Å². The zero-order valence-corrected chi connectivity index (χ0v) is 18.0. The van der Waals surface area contributed by atoms with E-state index in [1.807, 2.05) is 65.0 Å². The highest BCUT2D eigenvalue weighted by Crippen LogP contribution is 2.41. The van der Waals surface area contributed by atoms with Gasteiger partial charge in [-0.1, -0.05) is 30.3 Å². The van der Waals surface area contributed by atoms with Crippen molar-refractivity contribution in [1.29, 1.82) is 0 Å². The fourth-order valence-electron chi connectivity index (χ4n) is 2.93. The number of hydrogen-bond donors (Lipinski definition) is 1. The molecule has 0 bridgehead atoms. The molecule has 2 rings (SSSR count). The van der Waals surface area contributed by atoms with Gasteiger partial charge < -0.3 is 24.4 Å². The average Bonchev–Trinajstić information content (AvgIpc) is 2.69. The van der Waals surface area contributed by atoms with E-state index in [0.29, 0.717) is 49.3 Å². The number of benzene rings is 2. The summed E-state index contributed by atoms with van der Waals surface area (Å²) >= 11 is 0. The van der Waals surface area contributed by atoms with Gasteiger partial charge in [-0.3, -0.25) is 0 Å². The Bertz CT molecular complexity index is 751. The minimum Gasteiger partial charge on any atom is -0.490 e. The van der Waals surface area contributed by atoms with Crippen LogP contribution in [0, 0.1) is 0 Å². The predicted octanol–water partition coefficient (Wildman–Crippen LogP) is 5.33. The van der Waals surface area contributed by atoms with Crippen molar-refractivity contribution in [2.24, 2.45) is 0 Å². The van der Waals surface area contributed by atoms with Crippen LogP contribution in [0.5, 0.6) is 17.2 Å². The lowest BCUT2D eigenvalue weighted by atomic mass is 10.2. The van der Waals surface area contributed by atoms with Crippen molar-refractivity contribution >= 4 is 11.7 Å². The molecule has 6 nitrogen and oxygen atoms in total. The van der Waals surface area contributed by atoms with Crippen LogP contribution in [0.3, 0.4) is 0 Å². The summed E-state index contributed by atoms with van der Waals surface area (Å²) in [4.78, 5) is 14.8. The van der Waals surface area contributed by atoms with Gasteiger partial charge in [0.05, 0.1) is 25.5 Å². The molecule has 0 aliphatic carbocycles. The molecule has 0 atom stereocenters. The fourth-order valence-corrected chi connectivity index (χ4v) is 2.93. The third-order valence-corrected chi connectivity index (χ3v) is 4.24. The molecular formula is C23H32N2O4. The molecule has 0 saturated carbocycles. The van der Waals surface area contributed by atoms with E-state index in [9.17, 15) is 4.79 Å². The van der Waals surface area contributed by atoms with Gasteiger partial charge in [-0.25, -0.2) is 4.79 Å². The van der Waals surface area contributed by atoms with Crippen LogP contribution < -0.4 is 19.5 Å². The van der Waals surface area contributed by atoms with Gasteiger partial charge >= 0.3 is 6.03 Å². The summed E-state index contributed by atoms with van der Waals surface area (Å²) in [6, 6.07) is 13.3. The van der Waals surface area contributed by atoms with E-state index in [0.717, 1.165) is 5.56 Å². The van der Waals surface area contributed by atoms with Crippen LogP contribution in [0.2, 0.25) is 0 Å². The Morgan fingerprint density at radius 2 is 1.48 bits per heavy atom. The largest absolute Gasteiger partial charge is 0.490 e. The SMILES string of the molecule is CCOc1cc(NC(=O)N(Cc2ccccc2)C(C)C)cc(OCC)c1OCC. The molecule has 0 aromatic heterocycles. The normalized spacial score (nSPS) is 10.6. The first-order valence-corrected chi connectivity index (χ1v) is 10.2. The highest BCUT2D eigenvalue weighted by atomic mass is 16.5. The van der Waals surface area contributed by atoms with Crippen molar-refractivity contribution in [3.63, 3.8) is 0 Å². The Balaban J connectivity index is 2.28. The van der Waals surface area contributed by atoms with Gasteiger partial charge in [0.25, 0.3) is 0 Å². The highest BCUT2D eigenvalue weighted by molar-refractivity contribution is 5.90. The van der Waals surface area contributed by atoms with E-state index in [1.54, 1.807) is 17.0 Å². The second-order valence-corrected chi connectivity index (χ2v) is 6.74. The molecule has 0 fully saturated rings. The Kier molecular flexibility index (Phi) is 8.65. The zero-order chi connectivity index (χ0) is 21.2. The van der Waals surface area contributed by atoms with Gasteiger partial charge in [-0.15, -0.1) is 0 Å². The summed E-state index contributed by atoms with van der Waals surface area (Å²) in [6.45, 7) is 11.7. The standard InChI is InChI=1S/C23H32N2O4/c1-6-27-20-14-19(15-21(28-7-2)22(20)29-8-3)24-23(26)25(17(4)5)16-18-12-10-9-11-13-18/h9-15,17H,6-8,16H2,1-5H3,(H,24,26). The topological polar surface area (TPSA) is 60.0 Å². The van der Waals surface area contributed by atoms with E-state index >= 15 is 0 Å². The highest BCUT2D eigenvalue weighted by Gasteiger charge is 2.20. The third kappa shape index (κ3) is 6.31. The van der Waals surface area contributed by atoms with Crippen molar-refractivity contribution in [3.8, 4) is 17.2 Å². The lowest BCUT2D eigenvalue weighted by molar-refractivity contribution is 0.193. The molecule has 0 saturated heterocycles. The number of nitrogens with zero attached hydrogens (tertiary/aromatic N) is 1. The van der Waals surface area contributed by atoms with Gasteiger partial charge in [-0.2, -0.15) is 0 Å². The Morgan fingerprint density at radius 3 is 1.97 bits per heavy atom. The summed E-state index contributed by atoms with van der Waals surface area (Å²) in [5.41, 5.74) is 1.68. The fraction of sp³-hybridized carbons (Fsp3) is 0.435. The lowest BCUT2D eigenvalue weighted by Gasteiger charge is -2.27. The predicted molar refractivity (Wildman–Crippen MR) is 116 cm³/mol. The molecule has 0 radical (unpaired) electrons. The maximum atomic E-state index is 13.0. The number of rotatable bonds is 10. The molecule has 0 spiro atoms. The molecule has 0 heterocycles. The molecule has 0 aliphatic rings. The quantitative estimate of drug-likeness (QED) is 0.586.